The van der Waals surface area contributed by atoms with E-state index in [0.29, 0.717) is 23.5 Å². The molecule has 0 saturated heterocycles. The van der Waals surface area contributed by atoms with Crippen molar-refractivity contribution in [1.29, 1.82) is 0 Å². The second kappa shape index (κ2) is 8.58. The molecule has 3 aromatic heterocycles. The number of fused-ring (bicyclic) bond motifs is 1. The van der Waals surface area contributed by atoms with Gasteiger partial charge in [0, 0.05) is 26.0 Å². The molecule has 0 spiro atoms. The van der Waals surface area contributed by atoms with Crippen molar-refractivity contribution in [1.82, 2.24) is 28.7 Å². The highest BCUT2D eigenvalue weighted by atomic mass is 32.2. The van der Waals surface area contributed by atoms with Gasteiger partial charge in [0.1, 0.15) is 5.82 Å². The Balaban J connectivity index is 1.69. The van der Waals surface area contributed by atoms with Crippen LogP contribution < -0.4 is 11.2 Å². The minimum atomic E-state index is -0.409. The van der Waals surface area contributed by atoms with E-state index in [4.69, 9.17) is 0 Å². The van der Waals surface area contributed by atoms with E-state index >= 15 is 0 Å². The van der Waals surface area contributed by atoms with Crippen LogP contribution in [0, 0.1) is 13.8 Å². The maximum absolute atomic E-state index is 12.4. The van der Waals surface area contributed by atoms with E-state index in [0.717, 1.165) is 29.5 Å². The Bertz CT molecular complexity index is 1360. The van der Waals surface area contributed by atoms with Crippen molar-refractivity contribution in [2.75, 3.05) is 0 Å². The minimum Gasteiger partial charge on any atom is -0.325 e. The molecule has 0 bridgehead atoms. The predicted octanol–water partition coefficient (Wildman–Crippen LogP) is 3.32. The molecule has 0 aliphatic carbocycles. The summed E-state index contributed by atoms with van der Waals surface area (Å²) in [5, 5.41) is 0.845. The van der Waals surface area contributed by atoms with E-state index in [1.54, 1.807) is 27.1 Å². The summed E-state index contributed by atoms with van der Waals surface area (Å²) < 4.78 is 5.40. The molecule has 0 amide bonds. The molecule has 0 aliphatic rings. The van der Waals surface area contributed by atoms with Crippen molar-refractivity contribution in [3.63, 3.8) is 0 Å². The number of H-pyrrole nitrogens is 1. The zero-order chi connectivity index (χ0) is 22.1. The van der Waals surface area contributed by atoms with Gasteiger partial charge in [-0.15, -0.1) is 0 Å². The Morgan fingerprint density at radius 3 is 2.77 bits per heavy atom. The molecule has 8 nitrogen and oxygen atoms in total. The van der Waals surface area contributed by atoms with Gasteiger partial charge in [0.15, 0.2) is 16.3 Å². The van der Waals surface area contributed by atoms with E-state index in [-0.39, 0.29) is 0 Å². The van der Waals surface area contributed by atoms with Gasteiger partial charge in [-0.25, -0.2) is 14.8 Å². The quantitative estimate of drug-likeness (QED) is 0.447. The average Bonchev–Trinajstić information content (AvgIpc) is 3.33. The van der Waals surface area contributed by atoms with Crippen molar-refractivity contribution >= 4 is 22.9 Å². The summed E-state index contributed by atoms with van der Waals surface area (Å²) in [7, 11) is 1.81. The lowest BCUT2D eigenvalue weighted by atomic mass is 10.1. The lowest BCUT2D eigenvalue weighted by Gasteiger charge is -2.12. The number of nitrogens with zero attached hydrogens (tertiary/aromatic N) is 5. The summed E-state index contributed by atoms with van der Waals surface area (Å²) in [6, 6.07) is 6.21. The maximum Gasteiger partial charge on any atom is 0.330 e. The zero-order valence-electron chi connectivity index (χ0n) is 18.2. The van der Waals surface area contributed by atoms with Crippen molar-refractivity contribution in [2.45, 2.75) is 51.1 Å². The van der Waals surface area contributed by atoms with E-state index in [1.807, 2.05) is 19.3 Å². The summed E-state index contributed by atoms with van der Waals surface area (Å²) in [6.45, 7) is 6.79. The Morgan fingerprint density at radius 1 is 1.19 bits per heavy atom. The van der Waals surface area contributed by atoms with Crippen LogP contribution in [0.15, 0.2) is 45.3 Å². The van der Waals surface area contributed by atoms with Gasteiger partial charge in [-0.05, 0) is 37.5 Å². The number of rotatable bonds is 7. The van der Waals surface area contributed by atoms with Gasteiger partial charge in [0.05, 0.1) is 11.4 Å². The largest absolute Gasteiger partial charge is 0.330 e. The van der Waals surface area contributed by atoms with Gasteiger partial charge in [0.25, 0.3) is 5.56 Å². The zero-order valence-corrected chi connectivity index (χ0v) is 19.0. The molecule has 0 atom stereocenters. The van der Waals surface area contributed by atoms with Gasteiger partial charge >= 0.3 is 5.69 Å². The molecule has 0 radical (unpaired) electrons. The second-order valence-electron chi connectivity index (χ2n) is 7.61. The molecule has 4 aromatic rings. The van der Waals surface area contributed by atoms with Crippen LogP contribution in [-0.2, 0) is 19.3 Å². The lowest BCUT2D eigenvalue weighted by molar-refractivity contribution is 0.613. The van der Waals surface area contributed by atoms with Crippen LogP contribution in [0.2, 0.25) is 0 Å². The molecule has 0 unspecified atom stereocenters. The molecule has 3 heterocycles. The molecular formula is C22H26N6O2S. The Labute approximate surface area is 184 Å². The maximum atomic E-state index is 12.4. The standard InChI is InChI=1S/C22H26N6O2S/c1-5-6-11-28-19-18(20(29)25-21(28)30)26(4)17(24-19)13-31-22-23-10-12-27(22)16-9-7-8-14(2)15(16)3/h7-10,12H,5-6,11,13H2,1-4H3,(H,25,29,30). The molecule has 1 N–H and O–H groups in total. The summed E-state index contributed by atoms with van der Waals surface area (Å²) in [6.07, 6.45) is 5.52. The fraction of sp³-hybridized carbons (Fsp3) is 0.364. The second-order valence-corrected chi connectivity index (χ2v) is 8.55. The highest BCUT2D eigenvalue weighted by Gasteiger charge is 2.17. The summed E-state index contributed by atoms with van der Waals surface area (Å²) in [4.78, 5) is 36.4. The number of nitrogens with one attached hydrogen (secondary N) is 1. The minimum absolute atomic E-state index is 0.407. The molecule has 0 fully saturated rings. The van der Waals surface area contributed by atoms with E-state index < -0.39 is 11.2 Å². The van der Waals surface area contributed by atoms with Crippen LogP contribution in [0.1, 0.15) is 36.7 Å². The fourth-order valence-electron chi connectivity index (χ4n) is 3.65. The number of aryl methyl sites for hydroxylation is 3. The van der Waals surface area contributed by atoms with Crippen LogP contribution >= 0.6 is 11.8 Å². The first-order chi connectivity index (χ1) is 14.9. The number of aromatic amines is 1. The molecule has 31 heavy (non-hydrogen) atoms. The van der Waals surface area contributed by atoms with Crippen LogP contribution in [0.25, 0.3) is 16.9 Å². The van der Waals surface area contributed by atoms with Crippen LogP contribution in [0.5, 0.6) is 0 Å². The topological polar surface area (TPSA) is 90.5 Å². The normalized spacial score (nSPS) is 11.5. The van der Waals surface area contributed by atoms with Crippen molar-refractivity contribution < 1.29 is 0 Å². The predicted molar refractivity (Wildman–Crippen MR) is 123 cm³/mol. The van der Waals surface area contributed by atoms with Gasteiger partial charge in [-0.3, -0.25) is 18.9 Å². The number of benzene rings is 1. The first-order valence-corrected chi connectivity index (χ1v) is 11.3. The molecule has 1 aromatic carbocycles. The third kappa shape index (κ3) is 3.85. The average molecular weight is 439 g/mol. The van der Waals surface area contributed by atoms with Crippen LogP contribution in [-0.4, -0.2) is 28.7 Å². The first kappa shape index (κ1) is 21.2. The smallest absolute Gasteiger partial charge is 0.325 e. The van der Waals surface area contributed by atoms with E-state index in [2.05, 4.69) is 52.4 Å². The lowest BCUT2D eigenvalue weighted by Crippen LogP contribution is -2.31. The number of imidazole rings is 2. The van der Waals surface area contributed by atoms with Crippen molar-refractivity contribution in [3.8, 4) is 5.69 Å². The Hall–Kier alpha value is -3.07. The van der Waals surface area contributed by atoms with Gasteiger partial charge in [-0.1, -0.05) is 37.2 Å². The van der Waals surface area contributed by atoms with E-state index in [9.17, 15) is 9.59 Å². The highest BCUT2D eigenvalue weighted by molar-refractivity contribution is 7.98. The molecule has 162 valence electrons. The highest BCUT2D eigenvalue weighted by Crippen LogP contribution is 2.27. The molecule has 0 aliphatic heterocycles. The van der Waals surface area contributed by atoms with Crippen molar-refractivity contribution in [3.05, 3.63) is 68.4 Å². The fourth-order valence-corrected chi connectivity index (χ4v) is 4.60. The monoisotopic (exact) mass is 438 g/mol. The van der Waals surface area contributed by atoms with Gasteiger partial charge in [0.2, 0.25) is 0 Å². The van der Waals surface area contributed by atoms with Crippen LogP contribution in [0.3, 0.4) is 0 Å². The summed E-state index contributed by atoms with van der Waals surface area (Å²) in [5.41, 5.74) is 3.57. The third-order valence-corrected chi connectivity index (χ3v) is 6.58. The van der Waals surface area contributed by atoms with Gasteiger partial charge in [-0.2, -0.15) is 0 Å². The van der Waals surface area contributed by atoms with E-state index in [1.165, 1.54) is 11.1 Å². The molecular weight excluding hydrogens is 412 g/mol. The first-order valence-electron chi connectivity index (χ1n) is 10.3. The number of aromatic nitrogens is 6. The summed E-state index contributed by atoms with van der Waals surface area (Å²) >= 11 is 1.55. The van der Waals surface area contributed by atoms with Gasteiger partial charge < -0.3 is 4.57 Å². The number of hydrogen-bond acceptors (Lipinski definition) is 5. The molecule has 4 rings (SSSR count). The molecule has 9 heteroatoms. The number of unbranched alkanes of at least 4 members (excludes halogenated alkanes) is 1. The molecule has 0 saturated carbocycles. The third-order valence-electron chi connectivity index (χ3n) is 5.61. The summed E-state index contributed by atoms with van der Waals surface area (Å²) in [5.74, 6) is 1.24. The Kier molecular flexibility index (Phi) is 5.86. The number of hydrogen-bond donors (Lipinski definition) is 1. The Morgan fingerprint density at radius 2 is 2.00 bits per heavy atom. The SMILES string of the molecule is CCCCn1c(=O)[nH]c(=O)c2c1nc(CSc1nccn1-c1cccc(C)c1C)n2C. The van der Waals surface area contributed by atoms with Crippen LogP contribution in [0.4, 0.5) is 0 Å². The number of thioether (sulfide) groups is 1. The van der Waals surface area contributed by atoms with Crippen molar-refractivity contribution in [2.24, 2.45) is 7.05 Å².